The Morgan fingerprint density at radius 2 is 1.81 bits per heavy atom. The van der Waals surface area contributed by atoms with Crippen molar-refractivity contribution in [1.29, 1.82) is 5.26 Å². The molecule has 0 bridgehead atoms. The minimum Gasteiger partial charge on any atom is -0.484 e. The number of ether oxygens (including phenoxy) is 1. The fourth-order valence-corrected chi connectivity index (χ4v) is 4.18. The van der Waals surface area contributed by atoms with E-state index in [9.17, 15) is 10.1 Å². The lowest BCUT2D eigenvalue weighted by molar-refractivity contribution is -0.133. The third-order valence-corrected chi connectivity index (χ3v) is 6.14. The molecule has 1 aliphatic heterocycles. The number of pyridine rings is 1. The number of aryl methyl sites for hydroxylation is 1. The van der Waals surface area contributed by atoms with Crippen LogP contribution in [0.25, 0.3) is 22.3 Å². The fraction of sp³-hybridized carbons (Fsp3) is 0.222. The lowest BCUT2D eigenvalue weighted by atomic mass is 10.1. The smallest absolute Gasteiger partial charge is 0.260 e. The number of hydrogen-bond acceptors (Lipinski definition) is 8. The van der Waals surface area contributed by atoms with Crippen molar-refractivity contribution in [2.24, 2.45) is 0 Å². The summed E-state index contributed by atoms with van der Waals surface area (Å²) in [6.07, 6.45) is 0. The van der Waals surface area contributed by atoms with E-state index in [2.05, 4.69) is 20.9 Å². The minimum atomic E-state index is -0.0555. The van der Waals surface area contributed by atoms with Gasteiger partial charge in [0.15, 0.2) is 12.4 Å². The lowest BCUT2D eigenvalue weighted by Gasteiger charge is -2.35. The minimum absolute atomic E-state index is 0.000870. The summed E-state index contributed by atoms with van der Waals surface area (Å²) >= 11 is 0. The molecule has 180 valence electrons. The van der Waals surface area contributed by atoms with E-state index in [1.165, 1.54) is 0 Å². The monoisotopic (exact) mass is 479 g/mol. The predicted molar refractivity (Wildman–Crippen MR) is 137 cm³/mol. The van der Waals surface area contributed by atoms with Gasteiger partial charge in [-0.15, -0.1) is 0 Å². The van der Waals surface area contributed by atoms with Gasteiger partial charge < -0.3 is 20.3 Å². The highest BCUT2D eigenvalue weighted by atomic mass is 16.5. The molecule has 0 unspecified atom stereocenters. The normalized spacial score (nSPS) is 13.4. The largest absolute Gasteiger partial charge is 0.484 e. The van der Waals surface area contributed by atoms with Crippen LogP contribution in [0.5, 0.6) is 5.75 Å². The summed E-state index contributed by atoms with van der Waals surface area (Å²) in [5.41, 5.74) is 10.5. The fourth-order valence-electron chi connectivity index (χ4n) is 4.18. The molecule has 2 aromatic carbocycles. The van der Waals surface area contributed by atoms with Gasteiger partial charge in [-0.3, -0.25) is 4.79 Å². The zero-order chi connectivity index (χ0) is 25.1. The van der Waals surface area contributed by atoms with E-state index in [4.69, 9.17) is 15.5 Å². The molecule has 0 spiro atoms. The van der Waals surface area contributed by atoms with Gasteiger partial charge in [0.2, 0.25) is 5.95 Å². The topological polar surface area (TPSA) is 121 Å². The van der Waals surface area contributed by atoms with Gasteiger partial charge in [-0.2, -0.15) is 10.2 Å². The van der Waals surface area contributed by atoms with Gasteiger partial charge >= 0.3 is 0 Å². The maximum absolute atomic E-state index is 12.7. The van der Waals surface area contributed by atoms with Crippen LogP contribution in [-0.4, -0.2) is 58.5 Å². The Balaban J connectivity index is 1.32. The summed E-state index contributed by atoms with van der Waals surface area (Å²) in [4.78, 5) is 30.2. The van der Waals surface area contributed by atoms with E-state index in [0.29, 0.717) is 54.3 Å². The SMILES string of the molecule is Cc1ccc(OCC(=O)N2CCN(c3nc(N)nc4ccc(-c5cccc(C#N)c5)nc34)CC2)cc1. The number of benzene rings is 2. The van der Waals surface area contributed by atoms with Crippen molar-refractivity contribution >= 4 is 28.7 Å². The number of hydrogen-bond donors (Lipinski definition) is 1. The molecule has 4 aromatic rings. The zero-order valence-electron chi connectivity index (χ0n) is 19.9. The van der Waals surface area contributed by atoms with Crippen LogP contribution in [0.2, 0.25) is 0 Å². The van der Waals surface area contributed by atoms with Crippen LogP contribution < -0.4 is 15.4 Å². The van der Waals surface area contributed by atoms with Crippen LogP contribution in [0.1, 0.15) is 11.1 Å². The number of carbonyl (C=O) groups is 1. The van der Waals surface area contributed by atoms with E-state index in [1.807, 2.05) is 55.5 Å². The van der Waals surface area contributed by atoms with Crippen LogP contribution in [-0.2, 0) is 4.79 Å². The van der Waals surface area contributed by atoms with E-state index >= 15 is 0 Å². The first-order valence-corrected chi connectivity index (χ1v) is 11.7. The number of piperazine rings is 1. The quantitative estimate of drug-likeness (QED) is 0.463. The van der Waals surface area contributed by atoms with Gasteiger partial charge in [-0.25, -0.2) is 9.97 Å². The molecule has 1 saturated heterocycles. The summed E-state index contributed by atoms with van der Waals surface area (Å²) in [5.74, 6) is 1.43. The summed E-state index contributed by atoms with van der Waals surface area (Å²) < 4.78 is 5.66. The number of nitrogen functional groups attached to an aromatic ring is 1. The molecule has 0 saturated carbocycles. The molecule has 1 aliphatic rings. The second kappa shape index (κ2) is 9.88. The molecular formula is C27H25N7O2. The zero-order valence-corrected chi connectivity index (χ0v) is 19.9. The summed E-state index contributed by atoms with van der Waals surface area (Å²) in [6, 6.07) is 20.8. The third-order valence-electron chi connectivity index (χ3n) is 6.14. The van der Waals surface area contributed by atoms with Crippen LogP contribution in [0, 0.1) is 18.3 Å². The summed E-state index contributed by atoms with van der Waals surface area (Å²) in [7, 11) is 0. The Hall–Kier alpha value is -4.71. The molecule has 0 aliphatic carbocycles. The molecule has 0 atom stereocenters. The van der Waals surface area contributed by atoms with E-state index < -0.39 is 0 Å². The van der Waals surface area contributed by atoms with Crippen molar-refractivity contribution in [3.05, 3.63) is 71.8 Å². The summed E-state index contributed by atoms with van der Waals surface area (Å²) in [6.45, 7) is 4.23. The second-order valence-electron chi connectivity index (χ2n) is 8.63. The molecular weight excluding hydrogens is 454 g/mol. The molecule has 2 aromatic heterocycles. The van der Waals surface area contributed by atoms with E-state index in [-0.39, 0.29) is 18.5 Å². The Morgan fingerprint density at radius 1 is 1.03 bits per heavy atom. The van der Waals surface area contributed by atoms with Crippen molar-refractivity contribution in [3.63, 3.8) is 0 Å². The highest BCUT2D eigenvalue weighted by Crippen LogP contribution is 2.28. The van der Waals surface area contributed by atoms with Crippen molar-refractivity contribution in [1.82, 2.24) is 19.9 Å². The Bertz CT molecular complexity index is 1460. The lowest BCUT2D eigenvalue weighted by Crippen LogP contribution is -2.50. The molecule has 36 heavy (non-hydrogen) atoms. The Kier molecular flexibility index (Phi) is 6.33. The van der Waals surface area contributed by atoms with E-state index in [1.54, 1.807) is 17.0 Å². The number of rotatable bonds is 5. The van der Waals surface area contributed by atoms with Crippen molar-refractivity contribution < 1.29 is 9.53 Å². The van der Waals surface area contributed by atoms with Crippen LogP contribution in [0.15, 0.2) is 60.7 Å². The van der Waals surface area contributed by atoms with Gasteiger partial charge in [0.1, 0.15) is 11.3 Å². The highest BCUT2D eigenvalue weighted by Gasteiger charge is 2.24. The Morgan fingerprint density at radius 3 is 2.56 bits per heavy atom. The average Bonchev–Trinajstić information content (AvgIpc) is 2.92. The van der Waals surface area contributed by atoms with Crippen molar-refractivity contribution in [2.45, 2.75) is 6.92 Å². The number of nitriles is 1. The predicted octanol–water partition coefficient (Wildman–Crippen LogP) is 3.18. The molecule has 5 rings (SSSR count). The molecule has 9 heteroatoms. The number of anilines is 2. The first kappa shape index (κ1) is 23.1. The van der Waals surface area contributed by atoms with Gasteiger partial charge in [0.25, 0.3) is 5.91 Å². The number of amides is 1. The highest BCUT2D eigenvalue weighted by molar-refractivity contribution is 5.89. The number of nitrogens with zero attached hydrogens (tertiary/aromatic N) is 6. The number of carbonyl (C=O) groups excluding carboxylic acids is 1. The molecule has 2 N–H and O–H groups in total. The molecule has 9 nitrogen and oxygen atoms in total. The van der Waals surface area contributed by atoms with Gasteiger partial charge in [-0.05, 0) is 43.3 Å². The van der Waals surface area contributed by atoms with Gasteiger partial charge in [0.05, 0.1) is 22.8 Å². The second-order valence-corrected chi connectivity index (χ2v) is 8.63. The van der Waals surface area contributed by atoms with E-state index in [0.717, 1.165) is 16.8 Å². The first-order chi connectivity index (χ1) is 17.5. The summed E-state index contributed by atoms with van der Waals surface area (Å²) in [5, 5.41) is 9.24. The van der Waals surface area contributed by atoms with Crippen LogP contribution >= 0.6 is 0 Å². The van der Waals surface area contributed by atoms with Gasteiger partial charge in [0, 0.05) is 31.7 Å². The van der Waals surface area contributed by atoms with Crippen molar-refractivity contribution in [3.8, 4) is 23.1 Å². The Labute approximate surface area is 208 Å². The third kappa shape index (κ3) is 4.88. The molecule has 1 amide bonds. The average molecular weight is 480 g/mol. The number of fused-ring (bicyclic) bond motifs is 1. The van der Waals surface area contributed by atoms with Gasteiger partial charge in [-0.1, -0.05) is 29.8 Å². The number of nitrogens with two attached hydrogens (primary N) is 1. The first-order valence-electron chi connectivity index (χ1n) is 11.7. The standard InChI is InChI=1S/C27H25N7O2/c1-18-5-7-21(8-6-18)36-17-24(35)33-11-13-34(14-12-33)26-25-23(31-27(29)32-26)10-9-22(30-25)20-4-2-3-19(15-20)16-28/h2-10,15H,11-14,17H2,1H3,(H2,29,31,32). The van der Waals surface area contributed by atoms with Crippen LogP contribution in [0.4, 0.5) is 11.8 Å². The molecule has 0 radical (unpaired) electrons. The maximum Gasteiger partial charge on any atom is 0.260 e. The molecule has 3 heterocycles. The molecule has 1 fully saturated rings. The van der Waals surface area contributed by atoms with Crippen LogP contribution in [0.3, 0.4) is 0 Å². The van der Waals surface area contributed by atoms with Crippen molar-refractivity contribution in [2.75, 3.05) is 43.4 Å². The number of aromatic nitrogens is 3. The maximum atomic E-state index is 12.7.